The van der Waals surface area contributed by atoms with Crippen LogP contribution in [0.25, 0.3) is 5.73 Å². The van der Waals surface area contributed by atoms with Crippen LogP contribution in [-0.2, 0) is 0 Å². The average Bonchev–Trinajstić information content (AvgIpc) is 1.88. The van der Waals surface area contributed by atoms with Crippen LogP contribution in [0.4, 0.5) is 4.39 Å². The number of rotatable bonds is 1. The molecule has 0 fully saturated rings. The van der Waals surface area contributed by atoms with E-state index in [2.05, 4.69) is 0 Å². The van der Waals surface area contributed by atoms with Gasteiger partial charge in [0, 0.05) is 46.9 Å². The van der Waals surface area contributed by atoms with Gasteiger partial charge in [0.25, 0.3) is 0 Å². The van der Waals surface area contributed by atoms with Crippen molar-refractivity contribution in [3.05, 3.63) is 41.4 Å². The molecule has 11 heavy (non-hydrogen) atoms. The van der Waals surface area contributed by atoms with E-state index in [0.29, 0.717) is 0 Å². The van der Waals surface area contributed by atoms with Crippen molar-refractivity contribution in [3.8, 4) is 0 Å². The summed E-state index contributed by atoms with van der Waals surface area (Å²) in [6, 6.07) is 5.07. The van der Waals surface area contributed by atoms with E-state index < -0.39 is 11.7 Å². The van der Waals surface area contributed by atoms with E-state index in [0.717, 1.165) is 6.07 Å². The average molecular weight is 279 g/mol. The minimum absolute atomic E-state index is 0. The summed E-state index contributed by atoms with van der Waals surface area (Å²) < 4.78 is 12.3. The van der Waals surface area contributed by atoms with E-state index in [4.69, 9.17) is 5.73 Å². The van der Waals surface area contributed by atoms with E-state index in [1.807, 2.05) is 0 Å². The third-order valence-electron chi connectivity index (χ3n) is 1.09. The van der Waals surface area contributed by atoms with Crippen LogP contribution < -0.4 is 0 Å². The van der Waals surface area contributed by atoms with Gasteiger partial charge in [-0.25, -0.2) is 4.39 Å². The van der Waals surface area contributed by atoms with Crippen molar-refractivity contribution in [2.75, 3.05) is 0 Å². The summed E-state index contributed by atoms with van der Waals surface area (Å²) >= 11 is 0. The van der Waals surface area contributed by atoms with Gasteiger partial charge in [-0.1, -0.05) is 12.1 Å². The van der Waals surface area contributed by atoms with Gasteiger partial charge in [0.1, 0.15) is 5.82 Å². The zero-order chi connectivity index (χ0) is 7.56. The summed E-state index contributed by atoms with van der Waals surface area (Å²) in [7, 11) is 0. The first-order valence-corrected chi connectivity index (χ1v) is 2.71. The van der Waals surface area contributed by atoms with Crippen molar-refractivity contribution in [3.63, 3.8) is 0 Å². The number of carbonyl (C=O) groups excluding carboxylic acids is 1. The van der Waals surface area contributed by atoms with Crippen LogP contribution in [0, 0.1) is 47.1 Å². The zero-order valence-electron chi connectivity index (χ0n) is 5.67. The molecular formula is C7H5FNOPr-. The molecule has 0 aliphatic carbocycles. The predicted octanol–water partition coefficient (Wildman–Crippen LogP) is 2.02. The fourth-order valence-corrected chi connectivity index (χ4v) is 0.630. The predicted molar refractivity (Wildman–Crippen MR) is 35.1 cm³/mol. The van der Waals surface area contributed by atoms with E-state index in [9.17, 15) is 9.18 Å². The zero-order valence-corrected chi connectivity index (χ0v) is 9.38. The second-order valence-corrected chi connectivity index (χ2v) is 1.84. The smallest absolute Gasteiger partial charge is 0.123 e. The summed E-state index contributed by atoms with van der Waals surface area (Å²) in [5.74, 6) is -1.35. The van der Waals surface area contributed by atoms with Crippen molar-refractivity contribution in [2.45, 2.75) is 0 Å². The number of hydrogen-bond donors (Lipinski definition) is 0. The molecule has 0 aliphatic rings. The van der Waals surface area contributed by atoms with Crippen LogP contribution in [0.5, 0.6) is 0 Å². The van der Waals surface area contributed by atoms with Crippen molar-refractivity contribution < 1.29 is 50.5 Å². The van der Waals surface area contributed by atoms with E-state index in [1.54, 1.807) is 0 Å². The Balaban J connectivity index is 0.000001000. The van der Waals surface area contributed by atoms with Crippen LogP contribution in [0.1, 0.15) is 10.4 Å². The van der Waals surface area contributed by atoms with E-state index in [1.165, 1.54) is 18.2 Å². The molecular weight excluding hydrogens is 274 g/mol. The molecule has 0 unspecified atom stereocenters. The third-order valence-corrected chi connectivity index (χ3v) is 1.09. The molecule has 1 aromatic rings. The molecule has 1 N–H and O–H groups in total. The third kappa shape index (κ3) is 3.25. The normalized spacial score (nSPS) is 8.45. The summed E-state index contributed by atoms with van der Waals surface area (Å²) in [6.07, 6.45) is 0. The van der Waals surface area contributed by atoms with Crippen molar-refractivity contribution in [1.29, 1.82) is 0 Å². The fourth-order valence-electron chi connectivity index (χ4n) is 0.630. The molecule has 1 amide bonds. The Hall–Kier alpha value is -0.0164. The number of amides is 1. The Morgan fingerprint density at radius 2 is 2.09 bits per heavy atom. The second kappa shape index (κ2) is 4.78. The first kappa shape index (κ1) is 11.0. The number of carbonyl (C=O) groups is 1. The van der Waals surface area contributed by atoms with Crippen molar-refractivity contribution in [2.24, 2.45) is 0 Å². The molecule has 0 aromatic heterocycles. The number of hydrogen-bond acceptors (Lipinski definition) is 1. The van der Waals surface area contributed by atoms with Gasteiger partial charge in [0.15, 0.2) is 0 Å². The summed E-state index contributed by atoms with van der Waals surface area (Å²) in [5.41, 5.74) is 6.69. The quantitative estimate of drug-likeness (QED) is 0.775. The summed E-state index contributed by atoms with van der Waals surface area (Å²) in [5, 5.41) is 0. The Morgan fingerprint density at radius 3 is 2.45 bits per heavy atom. The molecule has 4 heteroatoms. The number of nitrogens with one attached hydrogen (secondary N) is 1. The molecule has 2 nitrogen and oxygen atoms in total. The molecule has 0 bridgehead atoms. The van der Waals surface area contributed by atoms with Crippen LogP contribution in [-0.4, -0.2) is 5.91 Å². The summed E-state index contributed by atoms with van der Waals surface area (Å²) in [4.78, 5) is 10.3. The van der Waals surface area contributed by atoms with Gasteiger partial charge in [0.05, 0.1) is 5.91 Å². The van der Waals surface area contributed by atoms with Gasteiger partial charge < -0.3 is 10.5 Å². The van der Waals surface area contributed by atoms with Gasteiger partial charge in [-0.05, 0) is 12.1 Å². The first-order chi connectivity index (χ1) is 4.70. The molecule has 0 heterocycles. The Bertz CT molecular complexity index is 264. The molecule has 0 spiro atoms. The fraction of sp³-hybridized carbons (Fsp3) is 0. The van der Waals surface area contributed by atoms with Gasteiger partial charge in [-0.3, -0.25) is 0 Å². The molecule has 0 saturated heterocycles. The largest absolute Gasteiger partial charge is 0.664 e. The van der Waals surface area contributed by atoms with Crippen LogP contribution >= 0.6 is 0 Å². The van der Waals surface area contributed by atoms with Gasteiger partial charge >= 0.3 is 0 Å². The topological polar surface area (TPSA) is 40.9 Å². The Morgan fingerprint density at radius 1 is 1.45 bits per heavy atom. The standard InChI is InChI=1S/C7H6FNO.Pr/c8-6-3-1-2-5(4-6)7(9)10;/h1-4H,(H2,9,10);/p-1. The summed E-state index contributed by atoms with van der Waals surface area (Å²) in [6.45, 7) is 0. The second-order valence-electron chi connectivity index (χ2n) is 1.84. The maximum Gasteiger partial charge on any atom is 0.123 e. The SMILES string of the molecule is [NH-]C(=O)c1cccc(F)c1.[Pr]. The molecule has 0 aliphatic heterocycles. The van der Waals surface area contributed by atoms with Crippen molar-refractivity contribution >= 4 is 5.91 Å². The van der Waals surface area contributed by atoms with E-state index >= 15 is 0 Å². The van der Waals surface area contributed by atoms with Crippen LogP contribution in [0.15, 0.2) is 24.3 Å². The first-order valence-electron chi connectivity index (χ1n) is 2.71. The molecule has 0 atom stereocenters. The maximum absolute atomic E-state index is 12.3. The van der Waals surface area contributed by atoms with Gasteiger partial charge in [-0.15, -0.1) is 0 Å². The molecule has 55 valence electrons. The van der Waals surface area contributed by atoms with Crippen LogP contribution in [0.2, 0.25) is 0 Å². The molecule has 1 rings (SSSR count). The molecule has 0 saturated carbocycles. The Labute approximate surface area is 96.9 Å². The Kier molecular flexibility index (Phi) is 4.77. The van der Waals surface area contributed by atoms with Crippen LogP contribution in [0.3, 0.4) is 0 Å². The monoisotopic (exact) mass is 279 g/mol. The van der Waals surface area contributed by atoms with Gasteiger partial charge in [0.2, 0.25) is 0 Å². The van der Waals surface area contributed by atoms with E-state index in [-0.39, 0.29) is 46.9 Å². The van der Waals surface area contributed by atoms with Crippen molar-refractivity contribution in [1.82, 2.24) is 0 Å². The maximum atomic E-state index is 12.3. The van der Waals surface area contributed by atoms with Gasteiger partial charge in [-0.2, -0.15) is 0 Å². The minimum Gasteiger partial charge on any atom is -0.664 e. The number of halogens is 1. The minimum atomic E-state index is -0.862. The molecule has 1 radical (unpaired) electrons. The number of benzene rings is 1. The molecule has 1 aromatic carbocycles.